The molecule has 1 N–H and O–H groups in total. The number of nitrogens with zero attached hydrogens (tertiary/aromatic N) is 2. The molecule has 0 fully saturated rings. The van der Waals surface area contributed by atoms with Gasteiger partial charge in [0, 0.05) is 22.0 Å². The third-order valence-corrected chi connectivity index (χ3v) is 5.63. The van der Waals surface area contributed by atoms with E-state index in [9.17, 15) is 15.2 Å². The molecule has 0 aliphatic rings. The molecule has 18 heavy (non-hydrogen) atoms. The minimum absolute atomic E-state index is 0.0359. The highest BCUT2D eigenvalue weighted by molar-refractivity contribution is 8.02. The lowest BCUT2D eigenvalue weighted by Gasteiger charge is -1.95. The summed E-state index contributed by atoms with van der Waals surface area (Å²) in [7, 11) is 0. The first-order chi connectivity index (χ1) is 8.47. The monoisotopic (exact) mass is 302 g/mol. The van der Waals surface area contributed by atoms with Crippen LogP contribution in [-0.4, -0.2) is 15.0 Å². The minimum atomic E-state index is -0.693. The number of aliphatic hydroxyl groups excluding tert-OH is 1. The van der Waals surface area contributed by atoms with E-state index in [1.165, 1.54) is 40.5 Å². The highest BCUT2D eigenvalue weighted by Crippen LogP contribution is 2.43. The molecule has 0 aliphatic carbocycles. The molecule has 0 aliphatic heterocycles. The van der Waals surface area contributed by atoms with Gasteiger partial charge in [-0.1, -0.05) is 0 Å². The zero-order valence-corrected chi connectivity index (χ0v) is 12.1. The fraction of sp³-hybridized carbons (Fsp3) is 0.300. The van der Waals surface area contributed by atoms with E-state index in [-0.39, 0.29) is 5.69 Å². The Hall–Kier alpha value is -0.960. The summed E-state index contributed by atoms with van der Waals surface area (Å²) in [6.45, 7) is 3.47. The summed E-state index contributed by atoms with van der Waals surface area (Å²) in [5.41, 5.74) is 0.936. The zero-order chi connectivity index (χ0) is 13.3. The number of aryl methyl sites for hydroxylation is 1. The van der Waals surface area contributed by atoms with E-state index in [0.717, 1.165) is 10.0 Å². The average molecular weight is 302 g/mol. The van der Waals surface area contributed by atoms with Crippen molar-refractivity contribution in [1.82, 2.24) is 4.98 Å². The van der Waals surface area contributed by atoms with Crippen LogP contribution in [0.3, 0.4) is 0 Å². The van der Waals surface area contributed by atoms with Crippen molar-refractivity contribution in [2.45, 2.75) is 28.5 Å². The molecule has 96 valence electrons. The van der Waals surface area contributed by atoms with Crippen molar-refractivity contribution in [3.63, 3.8) is 0 Å². The van der Waals surface area contributed by atoms with Gasteiger partial charge in [-0.25, -0.2) is 4.98 Å². The summed E-state index contributed by atoms with van der Waals surface area (Å²) in [4.78, 5) is 15.4. The van der Waals surface area contributed by atoms with Crippen LogP contribution in [0.1, 0.15) is 23.6 Å². The third kappa shape index (κ3) is 2.89. The van der Waals surface area contributed by atoms with Crippen molar-refractivity contribution < 1.29 is 10.0 Å². The van der Waals surface area contributed by atoms with Crippen molar-refractivity contribution in [2.24, 2.45) is 0 Å². The molecular weight excluding hydrogens is 292 g/mol. The SMILES string of the molecule is Cc1csc(Sc2sc([C@@H](C)O)cc2[N+](=O)[O-])n1. The Morgan fingerprint density at radius 2 is 2.33 bits per heavy atom. The van der Waals surface area contributed by atoms with Crippen LogP contribution >= 0.6 is 34.4 Å². The molecule has 8 heteroatoms. The number of nitro groups is 1. The van der Waals surface area contributed by atoms with Crippen molar-refractivity contribution in [2.75, 3.05) is 0 Å². The van der Waals surface area contributed by atoms with Gasteiger partial charge in [-0.15, -0.1) is 22.7 Å². The summed E-state index contributed by atoms with van der Waals surface area (Å²) in [5.74, 6) is 0. The topological polar surface area (TPSA) is 76.3 Å². The van der Waals surface area contributed by atoms with E-state index >= 15 is 0 Å². The first-order valence-electron chi connectivity index (χ1n) is 5.03. The third-order valence-electron chi connectivity index (χ3n) is 2.09. The van der Waals surface area contributed by atoms with E-state index in [4.69, 9.17) is 0 Å². The summed E-state index contributed by atoms with van der Waals surface area (Å²) in [6.07, 6.45) is -0.693. The number of aromatic nitrogens is 1. The maximum absolute atomic E-state index is 11.0. The molecular formula is C10H10N2O3S3. The molecule has 1 atom stereocenters. The maximum atomic E-state index is 11.0. The lowest BCUT2D eigenvalue weighted by atomic mass is 10.3. The normalized spacial score (nSPS) is 12.6. The fourth-order valence-corrected chi connectivity index (χ4v) is 4.58. The van der Waals surface area contributed by atoms with Crippen LogP contribution in [0.2, 0.25) is 0 Å². The lowest BCUT2D eigenvalue weighted by Crippen LogP contribution is -1.87. The second-order valence-corrected chi connectivity index (χ2v) is 7.07. The molecule has 5 nitrogen and oxygen atoms in total. The molecule has 0 saturated heterocycles. The molecule has 0 aromatic carbocycles. The highest BCUT2D eigenvalue weighted by atomic mass is 32.2. The molecule has 0 unspecified atom stereocenters. The van der Waals surface area contributed by atoms with Crippen LogP contribution in [0, 0.1) is 17.0 Å². The van der Waals surface area contributed by atoms with Crippen molar-refractivity contribution in [1.29, 1.82) is 0 Å². The van der Waals surface area contributed by atoms with Crippen LogP contribution in [-0.2, 0) is 0 Å². The summed E-state index contributed by atoms with van der Waals surface area (Å²) < 4.78 is 1.33. The van der Waals surface area contributed by atoms with Gasteiger partial charge in [0.15, 0.2) is 4.34 Å². The summed E-state index contributed by atoms with van der Waals surface area (Å²) in [5, 5.41) is 22.3. The van der Waals surface area contributed by atoms with E-state index < -0.39 is 11.0 Å². The van der Waals surface area contributed by atoms with Crippen molar-refractivity contribution in [3.05, 3.63) is 32.1 Å². The van der Waals surface area contributed by atoms with Gasteiger partial charge in [-0.05, 0) is 25.6 Å². The van der Waals surface area contributed by atoms with Crippen LogP contribution in [0.5, 0.6) is 0 Å². The number of thiazole rings is 1. The Balaban J connectivity index is 2.33. The lowest BCUT2D eigenvalue weighted by molar-refractivity contribution is -0.387. The largest absolute Gasteiger partial charge is 0.388 e. The van der Waals surface area contributed by atoms with Crippen LogP contribution < -0.4 is 0 Å². The van der Waals surface area contributed by atoms with Gasteiger partial charge in [-0.2, -0.15) is 0 Å². The van der Waals surface area contributed by atoms with Gasteiger partial charge in [0.1, 0.15) is 4.21 Å². The van der Waals surface area contributed by atoms with Gasteiger partial charge in [0.25, 0.3) is 5.69 Å². The Labute approximate surface area is 116 Å². The standard InChI is InChI=1S/C10H10N2O3S3/c1-5-4-16-10(11-5)18-9-7(12(14)15)3-8(17-9)6(2)13/h3-4,6,13H,1-2H3/t6-/m1/s1. The molecule has 2 aromatic heterocycles. The number of aliphatic hydroxyl groups is 1. The Morgan fingerprint density at radius 3 is 2.83 bits per heavy atom. The maximum Gasteiger partial charge on any atom is 0.294 e. The van der Waals surface area contributed by atoms with Crippen molar-refractivity contribution in [3.8, 4) is 0 Å². The summed E-state index contributed by atoms with van der Waals surface area (Å²) in [6, 6.07) is 1.43. The number of hydrogen-bond donors (Lipinski definition) is 1. The Kier molecular flexibility index (Phi) is 4.00. The molecule has 2 rings (SSSR count). The van der Waals surface area contributed by atoms with E-state index in [0.29, 0.717) is 9.09 Å². The smallest absolute Gasteiger partial charge is 0.294 e. The second-order valence-electron chi connectivity index (χ2n) is 3.61. The van der Waals surface area contributed by atoms with Gasteiger partial charge in [0.05, 0.1) is 11.0 Å². The summed E-state index contributed by atoms with van der Waals surface area (Å²) >= 11 is 3.97. The van der Waals surface area contributed by atoms with Gasteiger partial charge in [0.2, 0.25) is 0 Å². The molecule has 0 amide bonds. The fourth-order valence-electron chi connectivity index (χ4n) is 1.25. The predicted molar refractivity (Wildman–Crippen MR) is 72.6 cm³/mol. The van der Waals surface area contributed by atoms with Gasteiger partial charge >= 0.3 is 0 Å². The van der Waals surface area contributed by atoms with E-state index in [2.05, 4.69) is 4.98 Å². The highest BCUT2D eigenvalue weighted by Gasteiger charge is 2.22. The molecule has 0 radical (unpaired) electrons. The van der Waals surface area contributed by atoms with Gasteiger partial charge < -0.3 is 5.11 Å². The van der Waals surface area contributed by atoms with Crippen LogP contribution in [0.15, 0.2) is 20.0 Å². The van der Waals surface area contributed by atoms with E-state index in [1.807, 2.05) is 12.3 Å². The Morgan fingerprint density at radius 1 is 1.61 bits per heavy atom. The number of rotatable bonds is 4. The first-order valence-corrected chi connectivity index (χ1v) is 7.55. The number of thiophene rings is 1. The molecule has 0 bridgehead atoms. The molecule has 2 heterocycles. The zero-order valence-electron chi connectivity index (χ0n) is 9.61. The van der Waals surface area contributed by atoms with Crippen molar-refractivity contribution >= 4 is 40.1 Å². The van der Waals surface area contributed by atoms with E-state index in [1.54, 1.807) is 6.92 Å². The molecule has 0 saturated carbocycles. The predicted octanol–water partition coefficient (Wildman–Crippen LogP) is 3.63. The molecule has 2 aromatic rings. The first kappa shape index (κ1) is 13.5. The van der Waals surface area contributed by atoms with Crippen LogP contribution in [0.25, 0.3) is 0 Å². The number of hydrogen-bond acceptors (Lipinski definition) is 7. The Bertz CT molecular complexity index is 577. The quantitative estimate of drug-likeness (QED) is 0.689. The molecule has 0 spiro atoms. The minimum Gasteiger partial charge on any atom is -0.388 e. The second kappa shape index (κ2) is 5.35. The van der Waals surface area contributed by atoms with Crippen LogP contribution in [0.4, 0.5) is 5.69 Å². The van der Waals surface area contributed by atoms with Gasteiger partial charge in [-0.3, -0.25) is 10.1 Å². The average Bonchev–Trinajstić information content (AvgIpc) is 2.85.